The minimum absolute atomic E-state index is 0.161. The Balaban J connectivity index is 1.93. The van der Waals surface area contributed by atoms with Gasteiger partial charge in [0.1, 0.15) is 17.1 Å². The molecule has 0 amide bonds. The fourth-order valence-electron chi connectivity index (χ4n) is 2.70. The summed E-state index contributed by atoms with van der Waals surface area (Å²) in [6.07, 6.45) is 1.70. The van der Waals surface area contributed by atoms with Crippen LogP contribution in [0.4, 0.5) is 4.39 Å². The molecule has 0 bridgehead atoms. The average Bonchev–Trinajstić information content (AvgIpc) is 2.64. The maximum atomic E-state index is 14.0. The second kappa shape index (κ2) is 5.57. The number of hydrogen-bond acceptors (Lipinski definition) is 5. The molecule has 2 heterocycles. The summed E-state index contributed by atoms with van der Waals surface area (Å²) in [4.78, 5) is 12.1. The van der Waals surface area contributed by atoms with Crippen LogP contribution in [0.3, 0.4) is 0 Å². The molecule has 5 nitrogen and oxygen atoms in total. The Bertz CT molecular complexity index is 738. The lowest BCUT2D eigenvalue weighted by Gasteiger charge is -2.32. The van der Waals surface area contributed by atoms with E-state index >= 15 is 0 Å². The van der Waals surface area contributed by atoms with Gasteiger partial charge in [0, 0.05) is 19.4 Å². The molecule has 1 saturated heterocycles. The summed E-state index contributed by atoms with van der Waals surface area (Å²) in [6, 6.07) is 2.76. The molecule has 0 atom stereocenters. The standard InChI is InChI=1S/C18H22BFO5/c1-16(2)17(3,4)25-19(24-16)10-9-11-7-8-12(20)13-14(11)22-18(5,6)23-15(13)21/h7-10H,1-6H3/b10-9+. The van der Waals surface area contributed by atoms with E-state index in [0.717, 1.165) is 0 Å². The van der Waals surface area contributed by atoms with Gasteiger partial charge in [-0.1, -0.05) is 12.1 Å². The van der Waals surface area contributed by atoms with E-state index in [2.05, 4.69) is 0 Å². The first-order valence-corrected chi connectivity index (χ1v) is 8.21. The minimum Gasteiger partial charge on any atom is -0.451 e. The third-order valence-electron chi connectivity index (χ3n) is 4.73. The second-order valence-corrected chi connectivity index (χ2v) is 7.72. The zero-order valence-electron chi connectivity index (χ0n) is 15.3. The summed E-state index contributed by atoms with van der Waals surface area (Å²) < 4.78 is 36.6. The number of hydrogen-bond donors (Lipinski definition) is 0. The maximum Gasteiger partial charge on any atom is 0.487 e. The molecule has 0 spiro atoms. The van der Waals surface area contributed by atoms with Crippen molar-refractivity contribution in [3.05, 3.63) is 35.1 Å². The lowest BCUT2D eigenvalue weighted by atomic mass is 9.88. The summed E-state index contributed by atoms with van der Waals surface area (Å²) in [5, 5.41) is 0. The van der Waals surface area contributed by atoms with E-state index in [1.165, 1.54) is 6.07 Å². The second-order valence-electron chi connectivity index (χ2n) is 7.72. The normalized spacial score (nSPS) is 23.3. The van der Waals surface area contributed by atoms with Gasteiger partial charge in [0.2, 0.25) is 5.79 Å². The van der Waals surface area contributed by atoms with E-state index in [9.17, 15) is 9.18 Å². The SMILES string of the molecule is CC1(C)OC(=O)c2c(F)ccc(/C=C/B3OC(C)(C)C(C)(C)O3)c2O1. The molecule has 0 radical (unpaired) electrons. The van der Waals surface area contributed by atoms with E-state index < -0.39 is 35.9 Å². The first-order chi connectivity index (χ1) is 11.4. The topological polar surface area (TPSA) is 54.0 Å². The third kappa shape index (κ3) is 3.18. The lowest BCUT2D eigenvalue weighted by molar-refractivity contribution is -0.128. The van der Waals surface area contributed by atoms with Crippen molar-refractivity contribution in [2.75, 3.05) is 0 Å². The number of halogens is 1. The molecular weight excluding hydrogens is 326 g/mol. The molecule has 1 fully saturated rings. The Kier molecular flexibility index (Phi) is 4.00. The van der Waals surface area contributed by atoms with Crippen molar-refractivity contribution in [1.82, 2.24) is 0 Å². The highest BCUT2D eigenvalue weighted by atomic mass is 19.1. The Morgan fingerprint density at radius 3 is 2.20 bits per heavy atom. The first kappa shape index (κ1) is 18.0. The van der Waals surface area contributed by atoms with Crippen molar-refractivity contribution in [2.24, 2.45) is 0 Å². The number of benzene rings is 1. The Morgan fingerprint density at radius 1 is 1.00 bits per heavy atom. The predicted molar refractivity (Wildman–Crippen MR) is 91.6 cm³/mol. The van der Waals surface area contributed by atoms with Gasteiger partial charge < -0.3 is 18.8 Å². The van der Waals surface area contributed by atoms with Gasteiger partial charge in [-0.15, -0.1) is 0 Å². The lowest BCUT2D eigenvalue weighted by Crippen LogP contribution is -2.41. The van der Waals surface area contributed by atoms with Crippen LogP contribution >= 0.6 is 0 Å². The number of fused-ring (bicyclic) bond motifs is 1. The predicted octanol–water partition coefficient (Wildman–Crippen LogP) is 3.76. The zero-order chi connectivity index (χ0) is 18.6. The molecule has 134 valence electrons. The highest BCUT2D eigenvalue weighted by Crippen LogP contribution is 2.39. The largest absolute Gasteiger partial charge is 0.487 e. The number of rotatable bonds is 2. The van der Waals surface area contributed by atoms with Crippen LogP contribution in [-0.4, -0.2) is 30.1 Å². The quantitative estimate of drug-likeness (QED) is 0.602. The minimum atomic E-state index is -1.16. The Labute approximate surface area is 147 Å². The molecule has 1 aromatic rings. The molecule has 0 aliphatic carbocycles. The molecule has 2 aliphatic rings. The molecule has 3 rings (SSSR count). The van der Waals surface area contributed by atoms with Crippen LogP contribution in [0.25, 0.3) is 6.08 Å². The molecule has 1 aromatic carbocycles. The van der Waals surface area contributed by atoms with Gasteiger partial charge in [-0.2, -0.15) is 0 Å². The van der Waals surface area contributed by atoms with Crippen molar-refractivity contribution in [3.63, 3.8) is 0 Å². The van der Waals surface area contributed by atoms with Crippen molar-refractivity contribution >= 4 is 19.2 Å². The highest BCUT2D eigenvalue weighted by Gasteiger charge is 2.50. The Hall–Kier alpha value is -1.86. The van der Waals surface area contributed by atoms with Crippen molar-refractivity contribution < 1.29 is 28.0 Å². The van der Waals surface area contributed by atoms with Crippen molar-refractivity contribution in [3.8, 4) is 5.75 Å². The van der Waals surface area contributed by atoms with Crippen LogP contribution in [0.1, 0.15) is 57.5 Å². The van der Waals surface area contributed by atoms with E-state index in [1.54, 1.807) is 32.0 Å². The number of cyclic esters (lactones) is 1. The molecule has 25 heavy (non-hydrogen) atoms. The van der Waals surface area contributed by atoms with Gasteiger partial charge in [0.05, 0.1) is 11.2 Å². The molecule has 7 heteroatoms. The molecule has 0 saturated carbocycles. The smallest absolute Gasteiger partial charge is 0.451 e. The van der Waals surface area contributed by atoms with E-state index in [1.807, 2.05) is 27.7 Å². The summed E-state index contributed by atoms with van der Waals surface area (Å²) in [6.45, 7) is 11.0. The van der Waals surface area contributed by atoms with Crippen LogP contribution in [0.15, 0.2) is 18.1 Å². The molecule has 0 aromatic heterocycles. The van der Waals surface area contributed by atoms with Crippen LogP contribution in [0.2, 0.25) is 0 Å². The van der Waals surface area contributed by atoms with Gasteiger partial charge in [-0.05, 0) is 39.8 Å². The van der Waals surface area contributed by atoms with Crippen LogP contribution in [0.5, 0.6) is 5.75 Å². The van der Waals surface area contributed by atoms with Crippen LogP contribution in [-0.2, 0) is 14.0 Å². The van der Waals surface area contributed by atoms with E-state index in [-0.39, 0.29) is 11.3 Å². The fourth-order valence-corrected chi connectivity index (χ4v) is 2.70. The van der Waals surface area contributed by atoms with Gasteiger partial charge in [-0.3, -0.25) is 0 Å². The Morgan fingerprint density at radius 2 is 1.60 bits per heavy atom. The molecule has 2 aliphatic heterocycles. The monoisotopic (exact) mass is 348 g/mol. The number of esters is 1. The van der Waals surface area contributed by atoms with Crippen LogP contribution in [0, 0.1) is 5.82 Å². The molecular formula is C18H22BFO5. The summed E-state index contributed by atoms with van der Waals surface area (Å²) >= 11 is 0. The summed E-state index contributed by atoms with van der Waals surface area (Å²) in [5.74, 6) is -0.697. The van der Waals surface area contributed by atoms with E-state index in [0.29, 0.717) is 5.56 Å². The van der Waals surface area contributed by atoms with E-state index in [4.69, 9.17) is 18.8 Å². The average molecular weight is 348 g/mol. The van der Waals surface area contributed by atoms with Gasteiger partial charge in [0.15, 0.2) is 0 Å². The molecule has 0 unspecified atom stereocenters. The summed E-state index contributed by atoms with van der Waals surface area (Å²) in [5.41, 5.74) is -0.551. The fraction of sp³-hybridized carbons (Fsp3) is 0.500. The number of ether oxygens (including phenoxy) is 2. The summed E-state index contributed by atoms with van der Waals surface area (Å²) in [7, 11) is -0.547. The third-order valence-corrected chi connectivity index (χ3v) is 4.73. The first-order valence-electron chi connectivity index (χ1n) is 8.21. The number of carbonyl (C=O) groups excluding carboxylic acids is 1. The van der Waals surface area contributed by atoms with Gasteiger partial charge in [0.25, 0.3) is 0 Å². The van der Waals surface area contributed by atoms with Crippen LogP contribution < -0.4 is 4.74 Å². The number of carbonyl (C=O) groups is 1. The van der Waals surface area contributed by atoms with Gasteiger partial charge in [-0.25, -0.2) is 9.18 Å². The molecule has 0 N–H and O–H groups in total. The van der Waals surface area contributed by atoms with Gasteiger partial charge >= 0.3 is 13.1 Å². The zero-order valence-corrected chi connectivity index (χ0v) is 15.3. The van der Waals surface area contributed by atoms with Crippen molar-refractivity contribution in [2.45, 2.75) is 58.5 Å². The maximum absolute atomic E-state index is 14.0. The van der Waals surface area contributed by atoms with Crippen molar-refractivity contribution in [1.29, 1.82) is 0 Å². The highest BCUT2D eigenvalue weighted by molar-refractivity contribution is 6.52.